The lowest BCUT2D eigenvalue weighted by Crippen LogP contribution is -2.40. The van der Waals surface area contributed by atoms with E-state index in [-0.39, 0.29) is 0 Å². The third-order valence-corrected chi connectivity index (χ3v) is 3.10. The Balaban J connectivity index is 2.36. The molecule has 1 amide bonds. The molecule has 0 spiro atoms. The van der Waals surface area contributed by atoms with E-state index in [9.17, 15) is 4.79 Å². The van der Waals surface area contributed by atoms with E-state index < -0.39 is 11.9 Å². The molecule has 0 bridgehead atoms. The normalized spacial score (nSPS) is 12.6. The maximum atomic E-state index is 11.2. The highest BCUT2D eigenvalue weighted by atomic mass is 16.5. The molecule has 2 aromatic rings. The molecule has 0 aliphatic rings. The van der Waals surface area contributed by atoms with Crippen molar-refractivity contribution in [2.75, 3.05) is 0 Å². The molecular weight excluding hydrogens is 230 g/mol. The summed E-state index contributed by atoms with van der Waals surface area (Å²) in [6.07, 6.45) is 2.41. The van der Waals surface area contributed by atoms with Gasteiger partial charge in [-0.15, -0.1) is 0 Å². The molecule has 0 fully saturated rings. The molecule has 2 rings (SSSR count). The number of rotatable bonds is 4. The van der Waals surface area contributed by atoms with Gasteiger partial charge in [-0.1, -0.05) is 18.2 Å². The molecule has 1 aromatic heterocycles. The van der Waals surface area contributed by atoms with Crippen molar-refractivity contribution in [1.82, 2.24) is 10.0 Å². The van der Waals surface area contributed by atoms with Crippen LogP contribution in [0.15, 0.2) is 30.5 Å². The van der Waals surface area contributed by atoms with Crippen molar-refractivity contribution in [3.8, 4) is 0 Å². The van der Waals surface area contributed by atoms with E-state index in [0.717, 1.165) is 23.0 Å². The summed E-state index contributed by atoms with van der Waals surface area (Å²) in [5.41, 5.74) is 9.45. The smallest absolute Gasteiger partial charge is 0.260 e. The van der Waals surface area contributed by atoms with Crippen molar-refractivity contribution < 1.29 is 10.0 Å². The van der Waals surface area contributed by atoms with Gasteiger partial charge in [0.05, 0.1) is 6.04 Å². The minimum Gasteiger partial charge on any atom is -0.347 e. The summed E-state index contributed by atoms with van der Waals surface area (Å²) in [5, 5.41) is 9.66. The van der Waals surface area contributed by atoms with Gasteiger partial charge in [-0.05, 0) is 25.0 Å². The Hall–Kier alpha value is -1.85. The third-order valence-electron chi connectivity index (χ3n) is 3.10. The molecule has 0 saturated heterocycles. The summed E-state index contributed by atoms with van der Waals surface area (Å²) in [5.74, 6) is -0.566. The summed E-state index contributed by atoms with van der Waals surface area (Å²) in [6, 6.07) is 7.26. The predicted molar refractivity (Wildman–Crippen MR) is 69.2 cm³/mol. The van der Waals surface area contributed by atoms with Crippen LogP contribution in [-0.2, 0) is 17.8 Å². The zero-order valence-electron chi connectivity index (χ0n) is 10.3. The SMILES string of the molecule is CCn1cc(C[C@@H](N)C(=O)NO)c2ccccc21. The molecule has 1 aromatic carbocycles. The molecule has 0 aliphatic carbocycles. The van der Waals surface area contributed by atoms with Gasteiger partial charge in [-0.25, -0.2) is 5.48 Å². The van der Waals surface area contributed by atoms with E-state index in [1.54, 1.807) is 5.48 Å². The van der Waals surface area contributed by atoms with Crippen molar-refractivity contribution in [2.24, 2.45) is 5.73 Å². The second kappa shape index (κ2) is 5.20. The lowest BCUT2D eigenvalue weighted by atomic mass is 10.1. The van der Waals surface area contributed by atoms with Gasteiger partial charge in [-0.2, -0.15) is 0 Å². The molecule has 96 valence electrons. The number of benzene rings is 1. The van der Waals surface area contributed by atoms with Crippen LogP contribution in [-0.4, -0.2) is 21.7 Å². The maximum absolute atomic E-state index is 11.2. The molecule has 5 heteroatoms. The number of aromatic nitrogens is 1. The van der Waals surface area contributed by atoms with Gasteiger partial charge in [0.25, 0.3) is 5.91 Å². The van der Waals surface area contributed by atoms with Crippen LogP contribution >= 0.6 is 0 Å². The van der Waals surface area contributed by atoms with Gasteiger partial charge in [0.15, 0.2) is 0 Å². The third kappa shape index (κ3) is 2.23. The minimum absolute atomic E-state index is 0.403. The van der Waals surface area contributed by atoms with Crippen LogP contribution in [0.5, 0.6) is 0 Å². The van der Waals surface area contributed by atoms with Gasteiger partial charge in [-0.3, -0.25) is 10.0 Å². The molecule has 0 aliphatic heterocycles. The number of nitrogens with zero attached hydrogens (tertiary/aromatic N) is 1. The first-order valence-electron chi connectivity index (χ1n) is 5.93. The van der Waals surface area contributed by atoms with Gasteiger partial charge >= 0.3 is 0 Å². The van der Waals surface area contributed by atoms with Gasteiger partial charge < -0.3 is 10.3 Å². The molecule has 0 unspecified atom stereocenters. The second-order valence-corrected chi connectivity index (χ2v) is 4.24. The molecule has 0 saturated carbocycles. The standard InChI is InChI=1S/C13H17N3O2/c1-2-16-8-9(7-11(14)13(17)15-18)10-5-3-4-6-12(10)16/h3-6,8,11,18H,2,7,14H2,1H3,(H,15,17)/t11-/m1/s1. The number of para-hydroxylation sites is 1. The van der Waals surface area contributed by atoms with Crippen LogP contribution in [0.3, 0.4) is 0 Å². The van der Waals surface area contributed by atoms with Crippen LogP contribution in [0, 0.1) is 0 Å². The number of hydrogen-bond acceptors (Lipinski definition) is 3. The highest BCUT2D eigenvalue weighted by Gasteiger charge is 2.16. The van der Waals surface area contributed by atoms with E-state index in [1.807, 2.05) is 30.5 Å². The Labute approximate surface area is 105 Å². The van der Waals surface area contributed by atoms with Crippen LogP contribution in [0.2, 0.25) is 0 Å². The van der Waals surface area contributed by atoms with E-state index in [2.05, 4.69) is 11.5 Å². The summed E-state index contributed by atoms with van der Waals surface area (Å²) < 4.78 is 2.12. The zero-order chi connectivity index (χ0) is 13.1. The number of amides is 1. The fourth-order valence-electron chi connectivity index (χ4n) is 2.16. The number of nitrogens with one attached hydrogen (secondary N) is 1. The molecule has 1 atom stereocenters. The fourth-order valence-corrected chi connectivity index (χ4v) is 2.16. The first-order valence-corrected chi connectivity index (χ1v) is 5.93. The van der Waals surface area contributed by atoms with Crippen molar-refractivity contribution in [3.05, 3.63) is 36.0 Å². The predicted octanol–water partition coefficient (Wildman–Crippen LogP) is 1.04. The minimum atomic E-state index is -0.744. The number of hydrogen-bond donors (Lipinski definition) is 3. The average Bonchev–Trinajstić information content (AvgIpc) is 2.76. The van der Waals surface area contributed by atoms with E-state index in [0.29, 0.717) is 6.42 Å². The van der Waals surface area contributed by atoms with Crippen molar-refractivity contribution >= 4 is 16.8 Å². The van der Waals surface area contributed by atoms with Crippen molar-refractivity contribution in [2.45, 2.75) is 25.9 Å². The quantitative estimate of drug-likeness (QED) is 0.557. The van der Waals surface area contributed by atoms with E-state index >= 15 is 0 Å². The fraction of sp³-hybridized carbons (Fsp3) is 0.308. The molecular formula is C13H17N3O2. The van der Waals surface area contributed by atoms with Gasteiger partial charge in [0.2, 0.25) is 0 Å². The Bertz CT molecular complexity index is 562. The van der Waals surface area contributed by atoms with Crippen LogP contribution < -0.4 is 11.2 Å². The van der Waals surface area contributed by atoms with Crippen molar-refractivity contribution in [3.63, 3.8) is 0 Å². The Morgan fingerprint density at radius 1 is 1.50 bits per heavy atom. The second-order valence-electron chi connectivity index (χ2n) is 4.24. The van der Waals surface area contributed by atoms with Gasteiger partial charge in [0.1, 0.15) is 0 Å². The highest BCUT2D eigenvalue weighted by Crippen LogP contribution is 2.22. The highest BCUT2D eigenvalue weighted by molar-refractivity contribution is 5.86. The first-order chi connectivity index (χ1) is 8.67. The van der Waals surface area contributed by atoms with E-state index in [4.69, 9.17) is 10.9 Å². The van der Waals surface area contributed by atoms with Gasteiger partial charge in [0, 0.05) is 23.6 Å². The topological polar surface area (TPSA) is 80.3 Å². The lowest BCUT2D eigenvalue weighted by molar-refractivity contribution is -0.130. The number of nitrogens with two attached hydrogens (primary N) is 1. The lowest BCUT2D eigenvalue weighted by Gasteiger charge is -2.07. The zero-order valence-corrected chi connectivity index (χ0v) is 10.3. The summed E-state index contributed by atoms with van der Waals surface area (Å²) in [6.45, 7) is 2.93. The van der Waals surface area contributed by atoms with Crippen LogP contribution in [0.25, 0.3) is 10.9 Å². The Morgan fingerprint density at radius 2 is 2.22 bits per heavy atom. The molecule has 5 nitrogen and oxygen atoms in total. The van der Waals surface area contributed by atoms with E-state index in [1.165, 1.54) is 0 Å². The largest absolute Gasteiger partial charge is 0.347 e. The summed E-state index contributed by atoms with van der Waals surface area (Å²) in [4.78, 5) is 11.2. The maximum Gasteiger partial charge on any atom is 0.260 e. The van der Waals surface area contributed by atoms with Crippen molar-refractivity contribution in [1.29, 1.82) is 0 Å². The molecule has 1 heterocycles. The number of carbonyl (C=O) groups is 1. The van der Waals surface area contributed by atoms with Crippen LogP contribution in [0.1, 0.15) is 12.5 Å². The van der Waals surface area contributed by atoms with Crippen LogP contribution in [0.4, 0.5) is 0 Å². The molecule has 18 heavy (non-hydrogen) atoms. The number of hydroxylamine groups is 1. The summed E-state index contributed by atoms with van der Waals surface area (Å²) >= 11 is 0. The average molecular weight is 247 g/mol. The molecule has 4 N–H and O–H groups in total. The first kappa shape index (κ1) is 12.6. The Kier molecular flexibility index (Phi) is 3.64. The number of carbonyl (C=O) groups excluding carboxylic acids is 1. The summed E-state index contributed by atoms with van der Waals surface area (Å²) in [7, 11) is 0. The Morgan fingerprint density at radius 3 is 2.89 bits per heavy atom. The number of fused-ring (bicyclic) bond motifs is 1. The monoisotopic (exact) mass is 247 g/mol. The molecule has 0 radical (unpaired) electrons. The number of aryl methyl sites for hydroxylation is 1.